The van der Waals surface area contributed by atoms with Crippen molar-refractivity contribution in [3.8, 4) is 5.88 Å². The van der Waals surface area contributed by atoms with E-state index in [2.05, 4.69) is 10.1 Å². The van der Waals surface area contributed by atoms with Gasteiger partial charge in [-0.3, -0.25) is 0 Å². The number of fused-ring (bicyclic) bond motifs is 3. The van der Waals surface area contributed by atoms with Gasteiger partial charge >= 0.3 is 6.09 Å². The number of carbonyl (C=O) groups excluding carboxylic acids is 1. The molecule has 2 bridgehead atoms. The molecule has 0 saturated carbocycles. The molecular formula is C14H16N4O2. The molecule has 4 rings (SSSR count). The van der Waals surface area contributed by atoms with Gasteiger partial charge < -0.3 is 9.64 Å². The number of aromatic nitrogens is 3. The Kier molecular flexibility index (Phi) is 2.61. The number of amides is 1. The van der Waals surface area contributed by atoms with Crippen LogP contribution in [-0.4, -0.2) is 37.7 Å². The summed E-state index contributed by atoms with van der Waals surface area (Å²) in [6, 6.07) is 4.17. The van der Waals surface area contributed by atoms with E-state index in [1.165, 1.54) is 6.42 Å². The molecule has 0 aliphatic carbocycles. The predicted octanol–water partition coefficient (Wildman–Crippen LogP) is 2.25. The van der Waals surface area contributed by atoms with Crippen molar-refractivity contribution in [1.29, 1.82) is 0 Å². The van der Waals surface area contributed by atoms with E-state index >= 15 is 0 Å². The average molecular weight is 272 g/mol. The molecule has 2 saturated heterocycles. The standard InChI is InChI=1S/C14H16N4O2/c19-14(18-10-2-1-3-11(18)5-4-10)20-13-7-9-17-12(16-13)6-8-15-17/h6-11H,1-5H2. The Balaban J connectivity index is 1.54. The molecule has 4 heterocycles. The van der Waals surface area contributed by atoms with Crippen molar-refractivity contribution in [2.75, 3.05) is 0 Å². The van der Waals surface area contributed by atoms with Crippen LogP contribution in [0.1, 0.15) is 32.1 Å². The molecule has 2 aliphatic heterocycles. The molecule has 20 heavy (non-hydrogen) atoms. The zero-order valence-electron chi connectivity index (χ0n) is 11.1. The fourth-order valence-corrected chi connectivity index (χ4v) is 3.41. The second kappa shape index (κ2) is 4.47. The van der Waals surface area contributed by atoms with E-state index in [0.717, 1.165) is 25.7 Å². The summed E-state index contributed by atoms with van der Waals surface area (Å²) in [6.45, 7) is 0. The zero-order valence-corrected chi connectivity index (χ0v) is 11.1. The lowest BCUT2D eigenvalue weighted by atomic mass is 10.0. The van der Waals surface area contributed by atoms with Gasteiger partial charge in [0.2, 0.25) is 5.88 Å². The summed E-state index contributed by atoms with van der Waals surface area (Å²) in [5.41, 5.74) is 0.678. The van der Waals surface area contributed by atoms with Gasteiger partial charge in [0, 0.05) is 30.4 Å². The predicted molar refractivity (Wildman–Crippen MR) is 71.5 cm³/mol. The number of nitrogens with zero attached hydrogens (tertiary/aromatic N) is 4. The number of ether oxygens (including phenoxy) is 1. The Labute approximate surface area is 116 Å². The number of hydrogen-bond acceptors (Lipinski definition) is 4. The lowest BCUT2D eigenvalue weighted by Gasteiger charge is -2.33. The molecule has 2 aliphatic rings. The fourth-order valence-electron chi connectivity index (χ4n) is 3.41. The molecule has 2 aromatic rings. The smallest absolute Gasteiger partial charge is 0.391 e. The van der Waals surface area contributed by atoms with Gasteiger partial charge in [-0.15, -0.1) is 0 Å². The second-order valence-electron chi connectivity index (χ2n) is 5.49. The van der Waals surface area contributed by atoms with Gasteiger partial charge in [-0.2, -0.15) is 10.1 Å². The Hall–Kier alpha value is -2.11. The molecule has 1 amide bonds. The highest BCUT2D eigenvalue weighted by Gasteiger charge is 2.40. The largest absolute Gasteiger partial charge is 0.417 e. The molecule has 0 aromatic carbocycles. The third-order valence-electron chi connectivity index (χ3n) is 4.33. The maximum Gasteiger partial charge on any atom is 0.417 e. The van der Waals surface area contributed by atoms with Gasteiger partial charge in [0.25, 0.3) is 0 Å². The van der Waals surface area contributed by atoms with Gasteiger partial charge in [0.05, 0.1) is 6.20 Å². The number of rotatable bonds is 1. The minimum Gasteiger partial charge on any atom is -0.391 e. The molecule has 0 N–H and O–H groups in total. The first kappa shape index (κ1) is 11.7. The summed E-state index contributed by atoms with van der Waals surface area (Å²) in [5.74, 6) is 0.341. The van der Waals surface area contributed by atoms with Crippen molar-refractivity contribution in [3.63, 3.8) is 0 Å². The van der Waals surface area contributed by atoms with Crippen LogP contribution in [0.3, 0.4) is 0 Å². The first-order valence-electron chi connectivity index (χ1n) is 7.12. The lowest BCUT2D eigenvalue weighted by Crippen LogP contribution is -2.45. The van der Waals surface area contributed by atoms with Gasteiger partial charge in [0.15, 0.2) is 5.65 Å². The average Bonchev–Trinajstić information content (AvgIpc) is 3.01. The lowest BCUT2D eigenvalue weighted by molar-refractivity contribution is 0.108. The quantitative estimate of drug-likeness (QED) is 0.799. The van der Waals surface area contributed by atoms with Crippen LogP contribution < -0.4 is 4.74 Å². The monoisotopic (exact) mass is 272 g/mol. The molecule has 0 radical (unpaired) electrons. The summed E-state index contributed by atoms with van der Waals surface area (Å²) in [4.78, 5) is 18.5. The van der Waals surface area contributed by atoms with E-state index in [4.69, 9.17) is 4.74 Å². The molecule has 2 unspecified atom stereocenters. The first-order chi connectivity index (χ1) is 9.81. The fraction of sp³-hybridized carbons (Fsp3) is 0.500. The highest BCUT2D eigenvalue weighted by atomic mass is 16.6. The Morgan fingerprint density at radius 1 is 1.20 bits per heavy atom. The van der Waals surface area contributed by atoms with Crippen molar-refractivity contribution >= 4 is 11.7 Å². The van der Waals surface area contributed by atoms with Crippen LogP contribution >= 0.6 is 0 Å². The van der Waals surface area contributed by atoms with Crippen molar-refractivity contribution < 1.29 is 9.53 Å². The van der Waals surface area contributed by atoms with Crippen molar-refractivity contribution in [2.24, 2.45) is 0 Å². The molecule has 6 nitrogen and oxygen atoms in total. The Bertz CT molecular complexity index is 637. The van der Waals surface area contributed by atoms with Gasteiger partial charge in [-0.05, 0) is 32.1 Å². The minimum atomic E-state index is -0.256. The van der Waals surface area contributed by atoms with Crippen LogP contribution in [0, 0.1) is 0 Å². The third-order valence-corrected chi connectivity index (χ3v) is 4.33. The van der Waals surface area contributed by atoms with E-state index in [9.17, 15) is 4.79 Å². The molecular weight excluding hydrogens is 256 g/mol. The number of piperidine rings is 1. The highest BCUT2D eigenvalue weighted by molar-refractivity contribution is 5.71. The molecule has 104 valence electrons. The van der Waals surface area contributed by atoms with E-state index in [0.29, 0.717) is 23.6 Å². The van der Waals surface area contributed by atoms with E-state index in [-0.39, 0.29) is 6.09 Å². The molecule has 2 fully saturated rings. The summed E-state index contributed by atoms with van der Waals surface area (Å²) in [7, 11) is 0. The zero-order chi connectivity index (χ0) is 13.5. The molecule has 2 atom stereocenters. The van der Waals surface area contributed by atoms with Crippen LogP contribution in [-0.2, 0) is 0 Å². The van der Waals surface area contributed by atoms with Gasteiger partial charge in [-0.1, -0.05) is 0 Å². The van der Waals surface area contributed by atoms with Gasteiger partial charge in [-0.25, -0.2) is 9.31 Å². The topological polar surface area (TPSA) is 59.7 Å². The van der Waals surface area contributed by atoms with Crippen LogP contribution in [0.4, 0.5) is 4.79 Å². The summed E-state index contributed by atoms with van der Waals surface area (Å²) in [5, 5.41) is 4.07. The third kappa shape index (κ3) is 1.83. The maximum absolute atomic E-state index is 12.3. The maximum atomic E-state index is 12.3. The molecule has 6 heteroatoms. The van der Waals surface area contributed by atoms with Crippen LogP contribution in [0.15, 0.2) is 24.5 Å². The second-order valence-corrected chi connectivity index (χ2v) is 5.49. The normalized spacial score (nSPS) is 25.1. The summed E-state index contributed by atoms with van der Waals surface area (Å²) < 4.78 is 7.09. The minimum absolute atomic E-state index is 0.256. The summed E-state index contributed by atoms with van der Waals surface area (Å²) in [6.07, 6.45) is 8.78. The van der Waals surface area contributed by atoms with E-state index < -0.39 is 0 Å². The molecule has 2 aromatic heterocycles. The first-order valence-corrected chi connectivity index (χ1v) is 7.12. The Morgan fingerprint density at radius 3 is 2.80 bits per heavy atom. The number of hydrogen-bond donors (Lipinski definition) is 0. The summed E-state index contributed by atoms with van der Waals surface area (Å²) >= 11 is 0. The van der Waals surface area contributed by atoms with Gasteiger partial charge in [0.1, 0.15) is 0 Å². The van der Waals surface area contributed by atoms with Crippen molar-refractivity contribution in [3.05, 3.63) is 24.5 Å². The Morgan fingerprint density at radius 2 is 2.00 bits per heavy atom. The van der Waals surface area contributed by atoms with Crippen LogP contribution in [0.2, 0.25) is 0 Å². The SMILES string of the molecule is O=C(Oc1ccn2nccc2n1)N1C2CCCC1CC2. The van der Waals surface area contributed by atoms with Crippen molar-refractivity contribution in [1.82, 2.24) is 19.5 Å². The highest BCUT2D eigenvalue weighted by Crippen LogP contribution is 2.35. The molecule has 0 spiro atoms. The van der Waals surface area contributed by atoms with Crippen LogP contribution in [0.25, 0.3) is 5.65 Å². The van der Waals surface area contributed by atoms with E-state index in [1.807, 2.05) is 4.90 Å². The van der Waals surface area contributed by atoms with Crippen LogP contribution in [0.5, 0.6) is 5.88 Å². The van der Waals surface area contributed by atoms with E-state index in [1.54, 1.807) is 29.0 Å². The van der Waals surface area contributed by atoms with Crippen molar-refractivity contribution in [2.45, 2.75) is 44.2 Å². The number of carbonyl (C=O) groups is 1.